The fraction of sp³-hybridized carbons (Fsp3) is 0.333. The fourth-order valence-electron chi connectivity index (χ4n) is 3.28. The summed E-state index contributed by atoms with van der Waals surface area (Å²) in [5.41, 5.74) is 4.63. The van der Waals surface area contributed by atoms with Gasteiger partial charge in [-0.2, -0.15) is 5.10 Å². The van der Waals surface area contributed by atoms with Gasteiger partial charge in [0.2, 0.25) is 0 Å². The van der Waals surface area contributed by atoms with Gasteiger partial charge >= 0.3 is 11.8 Å². The van der Waals surface area contributed by atoms with Crippen molar-refractivity contribution < 1.29 is 23.9 Å². The molecule has 33 heavy (non-hydrogen) atoms. The van der Waals surface area contributed by atoms with E-state index in [9.17, 15) is 14.4 Å². The van der Waals surface area contributed by atoms with Crippen LogP contribution in [0.25, 0.3) is 0 Å². The van der Waals surface area contributed by atoms with Crippen LogP contribution in [-0.4, -0.2) is 49.8 Å². The van der Waals surface area contributed by atoms with Gasteiger partial charge in [-0.15, -0.1) is 0 Å². The average Bonchev–Trinajstić information content (AvgIpc) is 3.35. The molecule has 3 amide bonds. The van der Waals surface area contributed by atoms with E-state index in [4.69, 9.17) is 9.47 Å². The van der Waals surface area contributed by atoms with Gasteiger partial charge in [-0.05, 0) is 48.6 Å². The molecule has 0 aliphatic carbocycles. The van der Waals surface area contributed by atoms with Crippen LogP contribution in [0.3, 0.4) is 0 Å². The lowest BCUT2D eigenvalue weighted by Gasteiger charge is -2.11. The Labute approximate surface area is 192 Å². The average molecular weight is 453 g/mol. The maximum Gasteiger partial charge on any atom is 0.329 e. The SMILES string of the molecule is CCc1ccccc1NC(=O)COc1cccc(/C=N\NC(=O)C(=O)NC[C@@H]2CCCO2)c1. The number of para-hydroxylation sites is 1. The lowest BCUT2D eigenvalue weighted by molar-refractivity contribution is -0.139. The molecule has 1 aliphatic heterocycles. The second-order valence-corrected chi connectivity index (χ2v) is 7.46. The van der Waals surface area contributed by atoms with Gasteiger partial charge in [0.1, 0.15) is 5.75 Å². The van der Waals surface area contributed by atoms with E-state index in [-0.39, 0.29) is 18.6 Å². The molecule has 1 saturated heterocycles. The smallest absolute Gasteiger partial charge is 0.329 e. The van der Waals surface area contributed by atoms with Crippen molar-refractivity contribution >= 4 is 29.6 Å². The summed E-state index contributed by atoms with van der Waals surface area (Å²) < 4.78 is 11.0. The van der Waals surface area contributed by atoms with E-state index < -0.39 is 11.8 Å². The number of anilines is 1. The zero-order valence-corrected chi connectivity index (χ0v) is 18.5. The van der Waals surface area contributed by atoms with Crippen molar-refractivity contribution in [2.45, 2.75) is 32.3 Å². The van der Waals surface area contributed by atoms with Crippen LogP contribution < -0.4 is 20.8 Å². The van der Waals surface area contributed by atoms with Gasteiger partial charge in [0.25, 0.3) is 5.91 Å². The van der Waals surface area contributed by atoms with Gasteiger partial charge in [0.15, 0.2) is 6.61 Å². The maximum atomic E-state index is 12.2. The molecule has 3 rings (SSSR count). The zero-order valence-electron chi connectivity index (χ0n) is 18.5. The highest BCUT2D eigenvalue weighted by Crippen LogP contribution is 2.16. The van der Waals surface area contributed by atoms with Crippen LogP contribution in [0.2, 0.25) is 0 Å². The number of hydrazone groups is 1. The Hall–Kier alpha value is -3.72. The molecule has 9 heteroatoms. The Morgan fingerprint density at radius 2 is 2.00 bits per heavy atom. The van der Waals surface area contributed by atoms with E-state index >= 15 is 0 Å². The second-order valence-electron chi connectivity index (χ2n) is 7.46. The Morgan fingerprint density at radius 3 is 2.79 bits per heavy atom. The minimum Gasteiger partial charge on any atom is -0.484 e. The third-order valence-electron chi connectivity index (χ3n) is 5.00. The minimum atomic E-state index is -0.860. The van der Waals surface area contributed by atoms with Gasteiger partial charge in [0, 0.05) is 18.8 Å². The van der Waals surface area contributed by atoms with Crippen LogP contribution in [0, 0.1) is 0 Å². The number of amides is 3. The molecule has 1 atom stereocenters. The Kier molecular flexibility index (Phi) is 8.96. The van der Waals surface area contributed by atoms with Crippen molar-refractivity contribution in [1.29, 1.82) is 0 Å². The number of aryl methyl sites for hydroxylation is 1. The summed E-state index contributed by atoms with van der Waals surface area (Å²) in [7, 11) is 0. The van der Waals surface area contributed by atoms with E-state index in [0.29, 0.717) is 24.5 Å². The number of carbonyl (C=O) groups is 3. The Morgan fingerprint density at radius 1 is 1.15 bits per heavy atom. The van der Waals surface area contributed by atoms with Crippen molar-refractivity contribution in [3.05, 3.63) is 59.7 Å². The van der Waals surface area contributed by atoms with E-state index in [1.165, 1.54) is 6.21 Å². The number of nitrogens with zero attached hydrogens (tertiary/aromatic N) is 1. The number of hydrogen-bond acceptors (Lipinski definition) is 6. The summed E-state index contributed by atoms with van der Waals surface area (Å²) in [4.78, 5) is 35.9. The molecule has 0 bridgehead atoms. The van der Waals surface area contributed by atoms with Gasteiger partial charge in [-0.25, -0.2) is 5.43 Å². The highest BCUT2D eigenvalue weighted by atomic mass is 16.5. The van der Waals surface area contributed by atoms with E-state index in [0.717, 1.165) is 30.5 Å². The fourth-order valence-corrected chi connectivity index (χ4v) is 3.28. The Balaban J connectivity index is 1.43. The number of ether oxygens (including phenoxy) is 2. The first kappa shape index (κ1) is 23.9. The predicted octanol–water partition coefficient (Wildman–Crippen LogP) is 2.01. The van der Waals surface area contributed by atoms with Crippen LogP contribution in [0.15, 0.2) is 53.6 Å². The number of rotatable bonds is 9. The molecule has 9 nitrogen and oxygen atoms in total. The molecular formula is C24H28N4O5. The molecule has 174 valence electrons. The first-order valence-corrected chi connectivity index (χ1v) is 10.9. The van der Waals surface area contributed by atoms with Crippen molar-refractivity contribution in [3.63, 3.8) is 0 Å². The largest absolute Gasteiger partial charge is 0.484 e. The molecule has 0 spiro atoms. The highest BCUT2D eigenvalue weighted by Gasteiger charge is 2.19. The van der Waals surface area contributed by atoms with Gasteiger partial charge < -0.3 is 20.1 Å². The molecule has 1 aliphatic rings. The normalized spacial score (nSPS) is 15.2. The second kappa shape index (κ2) is 12.4. The summed E-state index contributed by atoms with van der Waals surface area (Å²) in [6, 6.07) is 14.5. The first-order valence-electron chi connectivity index (χ1n) is 10.9. The summed E-state index contributed by atoms with van der Waals surface area (Å²) in [6.07, 6.45) is 3.97. The topological polar surface area (TPSA) is 118 Å². The van der Waals surface area contributed by atoms with Crippen LogP contribution in [0.5, 0.6) is 5.75 Å². The summed E-state index contributed by atoms with van der Waals surface area (Å²) in [5.74, 6) is -1.43. The molecule has 1 heterocycles. The highest BCUT2D eigenvalue weighted by molar-refractivity contribution is 6.35. The lowest BCUT2D eigenvalue weighted by Crippen LogP contribution is -2.41. The minimum absolute atomic E-state index is 0.0449. The Bertz CT molecular complexity index is 1000. The number of benzene rings is 2. The van der Waals surface area contributed by atoms with E-state index in [1.807, 2.05) is 31.2 Å². The first-order chi connectivity index (χ1) is 16.0. The molecular weight excluding hydrogens is 424 g/mol. The molecule has 1 fully saturated rings. The molecule has 0 aromatic heterocycles. The molecule has 0 radical (unpaired) electrons. The molecule has 2 aromatic rings. The number of carbonyl (C=O) groups excluding carboxylic acids is 3. The molecule has 0 saturated carbocycles. The van der Waals surface area contributed by atoms with Gasteiger partial charge in [-0.3, -0.25) is 14.4 Å². The van der Waals surface area contributed by atoms with Crippen LogP contribution in [0.1, 0.15) is 30.9 Å². The third kappa shape index (κ3) is 7.73. The number of nitrogens with one attached hydrogen (secondary N) is 3. The standard InChI is InChI=1S/C24H28N4O5/c1-2-18-8-3-4-11-21(18)27-22(29)16-33-19-9-5-7-17(13-19)14-26-28-24(31)23(30)25-15-20-10-6-12-32-20/h3-5,7-9,11,13-14,20H,2,6,10,12,15-16H2,1H3,(H,25,30)(H,27,29)(H,28,31)/b26-14-/t20-/m0/s1. The summed E-state index contributed by atoms with van der Waals surface area (Å²) in [6.45, 7) is 2.85. The van der Waals surface area contributed by atoms with Crippen molar-refractivity contribution in [2.24, 2.45) is 5.10 Å². The van der Waals surface area contributed by atoms with Crippen LogP contribution in [-0.2, 0) is 25.5 Å². The predicted molar refractivity (Wildman–Crippen MR) is 124 cm³/mol. The van der Waals surface area contributed by atoms with Gasteiger partial charge in [0.05, 0.1) is 12.3 Å². The van der Waals surface area contributed by atoms with Crippen molar-refractivity contribution in [2.75, 3.05) is 25.1 Å². The summed E-state index contributed by atoms with van der Waals surface area (Å²) >= 11 is 0. The maximum absolute atomic E-state index is 12.2. The summed E-state index contributed by atoms with van der Waals surface area (Å²) in [5, 5.41) is 9.18. The quantitative estimate of drug-likeness (QED) is 0.306. The lowest BCUT2D eigenvalue weighted by atomic mass is 10.1. The van der Waals surface area contributed by atoms with Crippen LogP contribution >= 0.6 is 0 Å². The molecule has 0 unspecified atom stereocenters. The van der Waals surface area contributed by atoms with E-state index in [2.05, 4.69) is 21.2 Å². The third-order valence-corrected chi connectivity index (χ3v) is 5.00. The van der Waals surface area contributed by atoms with E-state index in [1.54, 1.807) is 24.3 Å². The van der Waals surface area contributed by atoms with Crippen molar-refractivity contribution in [3.8, 4) is 5.75 Å². The van der Waals surface area contributed by atoms with Gasteiger partial charge in [-0.1, -0.05) is 37.3 Å². The van der Waals surface area contributed by atoms with Crippen molar-refractivity contribution in [1.82, 2.24) is 10.7 Å². The zero-order chi connectivity index (χ0) is 23.5. The molecule has 2 aromatic carbocycles. The molecule has 3 N–H and O–H groups in total. The van der Waals surface area contributed by atoms with Crippen LogP contribution in [0.4, 0.5) is 5.69 Å². The monoisotopic (exact) mass is 452 g/mol. The number of hydrogen-bond donors (Lipinski definition) is 3.